The Kier molecular flexibility index (Phi) is 10.5. The van der Waals surface area contributed by atoms with Gasteiger partial charge >= 0.3 is 5.97 Å². The van der Waals surface area contributed by atoms with E-state index >= 15 is 0 Å². The molecule has 1 atom stereocenters. The second-order valence-electron chi connectivity index (χ2n) is 8.71. The molecular formula is C23H37N3O6S. The molecule has 0 heterocycles. The lowest BCUT2D eigenvalue weighted by Crippen LogP contribution is -2.48. The molecule has 0 spiro atoms. The molecule has 1 aromatic carbocycles. The summed E-state index contributed by atoms with van der Waals surface area (Å²) in [6.45, 7) is 12.7. The van der Waals surface area contributed by atoms with Crippen molar-refractivity contribution in [2.75, 3.05) is 19.7 Å². The Morgan fingerprint density at radius 2 is 1.70 bits per heavy atom. The normalized spacial score (nSPS) is 13.0. The van der Waals surface area contributed by atoms with Crippen molar-refractivity contribution in [3.63, 3.8) is 0 Å². The van der Waals surface area contributed by atoms with Gasteiger partial charge in [0.05, 0.1) is 4.90 Å². The summed E-state index contributed by atoms with van der Waals surface area (Å²) in [6.07, 6.45) is 0.709. The average Bonchev–Trinajstić information content (AvgIpc) is 2.75. The summed E-state index contributed by atoms with van der Waals surface area (Å²) < 4.78 is 31.9. The molecule has 186 valence electrons. The summed E-state index contributed by atoms with van der Waals surface area (Å²) in [7, 11) is -3.74. The highest BCUT2D eigenvalue weighted by molar-refractivity contribution is 7.89. The zero-order valence-electron chi connectivity index (χ0n) is 20.6. The number of benzene rings is 1. The van der Waals surface area contributed by atoms with Crippen molar-refractivity contribution in [2.24, 2.45) is 5.92 Å². The van der Waals surface area contributed by atoms with Gasteiger partial charge in [-0.2, -0.15) is 4.31 Å². The highest BCUT2D eigenvalue weighted by Crippen LogP contribution is 2.17. The Morgan fingerprint density at radius 1 is 1.09 bits per heavy atom. The first-order chi connectivity index (χ1) is 15.3. The van der Waals surface area contributed by atoms with E-state index < -0.39 is 46.0 Å². The minimum Gasteiger partial charge on any atom is -0.454 e. The number of carbonyl (C=O) groups excluding carboxylic acids is 3. The fourth-order valence-corrected chi connectivity index (χ4v) is 4.47. The molecule has 0 unspecified atom stereocenters. The third-order valence-corrected chi connectivity index (χ3v) is 7.40. The van der Waals surface area contributed by atoms with E-state index in [-0.39, 0.29) is 16.4 Å². The number of ether oxygens (including phenoxy) is 1. The van der Waals surface area contributed by atoms with Crippen LogP contribution in [0.25, 0.3) is 0 Å². The number of nitrogens with one attached hydrogen (secondary N) is 2. The monoisotopic (exact) mass is 483 g/mol. The maximum atomic E-state index is 12.8. The molecule has 0 aliphatic carbocycles. The van der Waals surface area contributed by atoms with Crippen molar-refractivity contribution in [3.05, 3.63) is 29.8 Å². The average molecular weight is 484 g/mol. The third-order valence-electron chi connectivity index (χ3n) is 5.35. The van der Waals surface area contributed by atoms with E-state index in [1.165, 1.54) is 28.6 Å². The molecule has 0 saturated heterocycles. The van der Waals surface area contributed by atoms with Crippen LogP contribution in [0.4, 0.5) is 0 Å². The van der Waals surface area contributed by atoms with Crippen LogP contribution in [0.5, 0.6) is 0 Å². The van der Waals surface area contributed by atoms with Gasteiger partial charge in [0.2, 0.25) is 10.0 Å². The van der Waals surface area contributed by atoms with Gasteiger partial charge < -0.3 is 15.4 Å². The summed E-state index contributed by atoms with van der Waals surface area (Å²) in [5.41, 5.74) is -0.324. The molecule has 33 heavy (non-hydrogen) atoms. The van der Waals surface area contributed by atoms with Crippen LogP contribution >= 0.6 is 0 Å². The van der Waals surface area contributed by atoms with Gasteiger partial charge in [0.25, 0.3) is 11.8 Å². The van der Waals surface area contributed by atoms with Gasteiger partial charge in [-0.15, -0.1) is 0 Å². The zero-order valence-corrected chi connectivity index (χ0v) is 21.4. The number of hydrogen-bond donors (Lipinski definition) is 2. The lowest BCUT2D eigenvalue weighted by molar-refractivity contribution is -0.151. The number of sulfonamides is 1. The fraction of sp³-hybridized carbons (Fsp3) is 0.609. The van der Waals surface area contributed by atoms with Crippen molar-refractivity contribution < 1.29 is 27.5 Å². The second-order valence-corrected chi connectivity index (χ2v) is 10.6. The van der Waals surface area contributed by atoms with Crippen molar-refractivity contribution in [1.82, 2.24) is 14.9 Å². The maximum Gasteiger partial charge on any atom is 0.329 e. The van der Waals surface area contributed by atoms with E-state index in [9.17, 15) is 22.8 Å². The number of rotatable bonds is 12. The first-order valence-corrected chi connectivity index (χ1v) is 12.6. The summed E-state index contributed by atoms with van der Waals surface area (Å²) in [4.78, 5) is 37.4. The smallest absolute Gasteiger partial charge is 0.329 e. The minimum atomic E-state index is -3.74. The minimum absolute atomic E-state index is 0.00210. The molecule has 9 nitrogen and oxygen atoms in total. The van der Waals surface area contributed by atoms with Gasteiger partial charge in [-0.3, -0.25) is 9.59 Å². The van der Waals surface area contributed by atoms with Crippen LogP contribution in [0.3, 0.4) is 0 Å². The third kappa shape index (κ3) is 8.12. The van der Waals surface area contributed by atoms with Crippen LogP contribution in [0.1, 0.15) is 65.2 Å². The molecule has 0 bridgehead atoms. The standard InChI is InChI=1S/C23H37N3O6S/c1-8-23(6,7)25-19(27)15-32-22(29)20(16(4)5)24-21(28)17-12-11-13-18(14-17)33(30,31)26(9-2)10-3/h11-14,16,20H,8-10,15H2,1-7H3,(H,24,28)(H,25,27)/t20-/m0/s1. The van der Waals surface area contributed by atoms with Gasteiger partial charge in [-0.25, -0.2) is 13.2 Å². The molecule has 1 rings (SSSR count). The summed E-state index contributed by atoms with van der Waals surface area (Å²) >= 11 is 0. The molecule has 1 aromatic rings. The molecular weight excluding hydrogens is 446 g/mol. The Labute approximate surface area is 197 Å². The number of hydrogen-bond acceptors (Lipinski definition) is 6. The maximum absolute atomic E-state index is 12.8. The highest BCUT2D eigenvalue weighted by Gasteiger charge is 2.28. The zero-order chi connectivity index (χ0) is 25.4. The molecule has 0 aliphatic rings. The van der Waals surface area contributed by atoms with E-state index in [1.54, 1.807) is 27.7 Å². The largest absolute Gasteiger partial charge is 0.454 e. The number of nitrogens with zero attached hydrogens (tertiary/aromatic N) is 1. The predicted molar refractivity (Wildman–Crippen MR) is 126 cm³/mol. The number of esters is 1. The SMILES string of the molecule is CCN(CC)S(=O)(=O)c1cccc(C(=O)N[C@H](C(=O)OCC(=O)NC(C)(C)CC)C(C)C)c1. The van der Waals surface area contributed by atoms with Gasteiger partial charge in [-0.1, -0.05) is 40.7 Å². The number of carbonyl (C=O) groups is 3. The fourth-order valence-electron chi connectivity index (χ4n) is 2.96. The molecule has 10 heteroatoms. The van der Waals surface area contributed by atoms with Crippen molar-refractivity contribution >= 4 is 27.8 Å². The van der Waals surface area contributed by atoms with E-state index in [2.05, 4.69) is 10.6 Å². The first-order valence-electron chi connectivity index (χ1n) is 11.2. The quantitative estimate of drug-likeness (QED) is 0.440. The van der Waals surface area contributed by atoms with E-state index in [0.717, 1.165) is 0 Å². The van der Waals surface area contributed by atoms with Crippen LogP contribution in [0, 0.1) is 5.92 Å². The molecule has 0 radical (unpaired) electrons. The van der Waals surface area contributed by atoms with Crippen LogP contribution in [-0.2, 0) is 24.3 Å². The predicted octanol–water partition coefficient (Wildman–Crippen LogP) is 2.32. The van der Waals surface area contributed by atoms with Crippen LogP contribution < -0.4 is 10.6 Å². The summed E-state index contributed by atoms with van der Waals surface area (Å²) in [5.74, 6) is -2.11. The molecule has 0 fully saturated rings. The van der Waals surface area contributed by atoms with Crippen LogP contribution in [0.15, 0.2) is 29.2 Å². The van der Waals surface area contributed by atoms with E-state index in [1.807, 2.05) is 20.8 Å². The Hall–Kier alpha value is -2.46. The molecule has 0 aromatic heterocycles. The van der Waals surface area contributed by atoms with Gasteiger partial charge in [0, 0.05) is 24.2 Å². The molecule has 0 aliphatic heterocycles. The van der Waals surface area contributed by atoms with Crippen LogP contribution in [-0.4, -0.2) is 61.8 Å². The van der Waals surface area contributed by atoms with Gasteiger partial charge in [0.15, 0.2) is 6.61 Å². The Balaban J connectivity index is 2.94. The second kappa shape index (κ2) is 12.1. The topological polar surface area (TPSA) is 122 Å². The highest BCUT2D eigenvalue weighted by atomic mass is 32.2. The molecule has 0 saturated carbocycles. The first kappa shape index (κ1) is 28.6. The van der Waals surface area contributed by atoms with Crippen LogP contribution in [0.2, 0.25) is 0 Å². The van der Waals surface area contributed by atoms with Crippen molar-refractivity contribution in [3.8, 4) is 0 Å². The Morgan fingerprint density at radius 3 is 2.21 bits per heavy atom. The van der Waals surface area contributed by atoms with E-state index in [4.69, 9.17) is 4.74 Å². The lowest BCUT2D eigenvalue weighted by atomic mass is 10.0. The lowest BCUT2D eigenvalue weighted by Gasteiger charge is -2.25. The molecule has 2 N–H and O–H groups in total. The van der Waals surface area contributed by atoms with Gasteiger partial charge in [0.1, 0.15) is 6.04 Å². The van der Waals surface area contributed by atoms with Crippen molar-refractivity contribution in [1.29, 1.82) is 0 Å². The van der Waals surface area contributed by atoms with Crippen molar-refractivity contribution in [2.45, 2.75) is 71.4 Å². The van der Waals surface area contributed by atoms with E-state index in [0.29, 0.717) is 19.5 Å². The summed E-state index contributed by atoms with van der Waals surface area (Å²) in [5, 5.41) is 5.37. The summed E-state index contributed by atoms with van der Waals surface area (Å²) in [6, 6.07) is 4.65. The Bertz CT molecular complexity index is 939. The molecule has 2 amide bonds. The van der Waals surface area contributed by atoms with Gasteiger partial charge in [-0.05, 0) is 44.4 Å². The number of amides is 2.